The maximum absolute atomic E-state index is 12.7. The summed E-state index contributed by atoms with van der Waals surface area (Å²) < 4.78 is 38.0. The summed E-state index contributed by atoms with van der Waals surface area (Å²) in [5.74, 6) is 0.696. The first-order valence-electron chi connectivity index (χ1n) is 10.2. The summed E-state index contributed by atoms with van der Waals surface area (Å²) in [4.78, 5) is 2.77. The Morgan fingerprint density at radius 3 is 2.34 bits per heavy atom. The van der Waals surface area contributed by atoms with Gasteiger partial charge in [-0.05, 0) is 42.7 Å². The number of benzene rings is 2. The predicted molar refractivity (Wildman–Crippen MR) is 111 cm³/mol. The lowest BCUT2D eigenvalue weighted by molar-refractivity contribution is 0.0730. The number of morpholine rings is 1. The first-order valence-corrected chi connectivity index (χ1v) is 11.7. The zero-order chi connectivity index (χ0) is 20.1. The average Bonchev–Trinajstić information content (AvgIpc) is 3.60. The van der Waals surface area contributed by atoms with Crippen LogP contribution in [-0.2, 0) is 21.3 Å². The van der Waals surface area contributed by atoms with Gasteiger partial charge >= 0.3 is 0 Å². The number of nitrogens with zero attached hydrogens (tertiary/aromatic N) is 2. The molecular weight excluding hydrogens is 388 g/mol. The van der Waals surface area contributed by atoms with Crippen LogP contribution < -0.4 is 4.74 Å². The predicted octanol–water partition coefficient (Wildman–Crippen LogP) is 2.75. The molecule has 0 radical (unpaired) electrons. The van der Waals surface area contributed by atoms with E-state index in [1.54, 1.807) is 24.3 Å². The quantitative estimate of drug-likeness (QED) is 0.629. The molecule has 1 heterocycles. The van der Waals surface area contributed by atoms with Gasteiger partial charge in [-0.15, -0.1) is 0 Å². The average molecular weight is 417 g/mol. The van der Waals surface area contributed by atoms with Gasteiger partial charge in [0.05, 0.1) is 18.1 Å². The van der Waals surface area contributed by atoms with E-state index in [1.807, 2.05) is 6.07 Å². The van der Waals surface area contributed by atoms with Crippen LogP contribution in [0, 0.1) is 0 Å². The molecule has 1 saturated carbocycles. The number of ether oxygens (including phenoxy) is 2. The third-order valence-electron chi connectivity index (χ3n) is 5.37. The van der Waals surface area contributed by atoms with Crippen LogP contribution in [-0.4, -0.2) is 63.1 Å². The van der Waals surface area contributed by atoms with Crippen LogP contribution in [0.25, 0.3) is 0 Å². The number of rotatable bonds is 9. The van der Waals surface area contributed by atoms with Crippen molar-refractivity contribution >= 4 is 10.0 Å². The van der Waals surface area contributed by atoms with E-state index in [-0.39, 0.29) is 0 Å². The highest BCUT2D eigenvalue weighted by Gasteiger charge is 2.29. The van der Waals surface area contributed by atoms with E-state index in [0.717, 1.165) is 13.1 Å². The van der Waals surface area contributed by atoms with Crippen LogP contribution in [0.5, 0.6) is 5.75 Å². The summed E-state index contributed by atoms with van der Waals surface area (Å²) in [6.07, 6.45) is 2.50. The van der Waals surface area contributed by atoms with Gasteiger partial charge in [0.15, 0.2) is 0 Å². The third kappa shape index (κ3) is 5.36. The van der Waals surface area contributed by atoms with Crippen molar-refractivity contribution in [3.05, 3.63) is 60.2 Å². The minimum absolute atomic E-state index is 0.301. The van der Waals surface area contributed by atoms with Crippen molar-refractivity contribution in [2.24, 2.45) is 0 Å². The highest BCUT2D eigenvalue weighted by Crippen LogP contribution is 2.28. The Kier molecular flexibility index (Phi) is 6.50. The molecule has 4 rings (SSSR count). The van der Waals surface area contributed by atoms with Gasteiger partial charge < -0.3 is 9.47 Å². The molecule has 1 aliphatic carbocycles. The third-order valence-corrected chi connectivity index (χ3v) is 7.28. The molecule has 156 valence electrons. The first kappa shape index (κ1) is 20.3. The standard InChI is InChI=1S/C22H28N2O4S/c25-29(26,24-13-15-27-16-14-24)22-10-8-21(9-11-22)28-17-12-23(20-6-7-20)18-19-4-2-1-3-5-19/h1-5,8-11,20H,6-7,12-18H2. The Morgan fingerprint density at radius 2 is 1.69 bits per heavy atom. The van der Waals surface area contributed by atoms with Crippen molar-refractivity contribution in [2.75, 3.05) is 39.5 Å². The summed E-state index contributed by atoms with van der Waals surface area (Å²) >= 11 is 0. The Morgan fingerprint density at radius 1 is 1.00 bits per heavy atom. The van der Waals surface area contributed by atoms with E-state index in [4.69, 9.17) is 9.47 Å². The highest BCUT2D eigenvalue weighted by atomic mass is 32.2. The number of sulfonamides is 1. The molecule has 0 atom stereocenters. The van der Waals surface area contributed by atoms with E-state index in [2.05, 4.69) is 29.2 Å². The molecule has 29 heavy (non-hydrogen) atoms. The molecular formula is C22H28N2O4S. The maximum atomic E-state index is 12.7. The molecule has 1 saturated heterocycles. The zero-order valence-corrected chi connectivity index (χ0v) is 17.4. The molecule has 0 unspecified atom stereocenters. The van der Waals surface area contributed by atoms with Crippen molar-refractivity contribution in [3.8, 4) is 5.75 Å². The van der Waals surface area contributed by atoms with Gasteiger partial charge in [-0.2, -0.15) is 4.31 Å². The van der Waals surface area contributed by atoms with E-state index in [0.29, 0.717) is 49.6 Å². The van der Waals surface area contributed by atoms with Crippen LogP contribution in [0.2, 0.25) is 0 Å². The summed E-state index contributed by atoms with van der Waals surface area (Å²) in [5.41, 5.74) is 1.32. The van der Waals surface area contributed by atoms with Crippen molar-refractivity contribution < 1.29 is 17.9 Å². The fraction of sp³-hybridized carbons (Fsp3) is 0.455. The lowest BCUT2D eigenvalue weighted by Gasteiger charge is -2.26. The van der Waals surface area contributed by atoms with E-state index in [1.165, 1.54) is 22.7 Å². The van der Waals surface area contributed by atoms with Crippen LogP contribution in [0.15, 0.2) is 59.5 Å². The summed E-state index contributed by atoms with van der Waals surface area (Å²) in [6.45, 7) is 4.07. The summed E-state index contributed by atoms with van der Waals surface area (Å²) in [7, 11) is -3.46. The van der Waals surface area contributed by atoms with Crippen LogP contribution in [0.3, 0.4) is 0 Å². The molecule has 6 nitrogen and oxygen atoms in total. The largest absolute Gasteiger partial charge is 0.492 e. The molecule has 2 aromatic carbocycles. The molecule has 7 heteroatoms. The normalized spacial score (nSPS) is 18.1. The van der Waals surface area contributed by atoms with Gasteiger partial charge in [-0.25, -0.2) is 8.42 Å². The lowest BCUT2D eigenvalue weighted by Crippen LogP contribution is -2.40. The van der Waals surface area contributed by atoms with Crippen molar-refractivity contribution in [1.82, 2.24) is 9.21 Å². The lowest BCUT2D eigenvalue weighted by atomic mass is 10.2. The van der Waals surface area contributed by atoms with Gasteiger partial charge in [0.25, 0.3) is 0 Å². The monoisotopic (exact) mass is 416 g/mol. The van der Waals surface area contributed by atoms with Gasteiger partial charge in [-0.3, -0.25) is 4.90 Å². The fourth-order valence-corrected chi connectivity index (χ4v) is 4.98. The summed E-state index contributed by atoms with van der Waals surface area (Å²) in [5, 5.41) is 0. The van der Waals surface area contributed by atoms with E-state index >= 15 is 0 Å². The second kappa shape index (κ2) is 9.26. The van der Waals surface area contributed by atoms with Gasteiger partial charge in [0.1, 0.15) is 12.4 Å². The van der Waals surface area contributed by atoms with E-state index in [9.17, 15) is 8.42 Å². The van der Waals surface area contributed by atoms with Crippen molar-refractivity contribution in [3.63, 3.8) is 0 Å². The number of hydrogen-bond acceptors (Lipinski definition) is 5. The SMILES string of the molecule is O=S(=O)(c1ccc(OCCN(Cc2ccccc2)C2CC2)cc1)N1CCOCC1. The summed E-state index contributed by atoms with van der Waals surface area (Å²) in [6, 6.07) is 17.9. The molecule has 0 N–H and O–H groups in total. The smallest absolute Gasteiger partial charge is 0.243 e. The Balaban J connectivity index is 1.30. The van der Waals surface area contributed by atoms with Crippen LogP contribution in [0.4, 0.5) is 0 Å². The van der Waals surface area contributed by atoms with Gasteiger partial charge in [0.2, 0.25) is 10.0 Å². The zero-order valence-electron chi connectivity index (χ0n) is 16.6. The Labute approximate surface area is 173 Å². The molecule has 2 aromatic rings. The first-order chi connectivity index (χ1) is 14.1. The molecule has 1 aliphatic heterocycles. The molecule has 0 spiro atoms. The Hall–Kier alpha value is -1.93. The highest BCUT2D eigenvalue weighted by molar-refractivity contribution is 7.89. The second-order valence-corrected chi connectivity index (χ2v) is 9.46. The molecule has 2 aliphatic rings. The van der Waals surface area contributed by atoms with Gasteiger partial charge in [0, 0.05) is 32.2 Å². The van der Waals surface area contributed by atoms with Crippen LogP contribution in [0.1, 0.15) is 18.4 Å². The maximum Gasteiger partial charge on any atom is 0.243 e. The molecule has 0 aromatic heterocycles. The molecule has 0 bridgehead atoms. The topological polar surface area (TPSA) is 59.1 Å². The molecule has 2 fully saturated rings. The second-order valence-electron chi connectivity index (χ2n) is 7.52. The number of hydrogen-bond donors (Lipinski definition) is 0. The minimum atomic E-state index is -3.46. The molecule has 0 amide bonds. The minimum Gasteiger partial charge on any atom is -0.492 e. The van der Waals surface area contributed by atoms with Crippen molar-refractivity contribution in [2.45, 2.75) is 30.3 Å². The van der Waals surface area contributed by atoms with Crippen LogP contribution >= 0.6 is 0 Å². The van der Waals surface area contributed by atoms with Gasteiger partial charge in [-0.1, -0.05) is 30.3 Å². The fourth-order valence-electron chi connectivity index (χ4n) is 3.57. The van der Waals surface area contributed by atoms with E-state index < -0.39 is 10.0 Å². The Bertz CT molecular complexity index is 877. The van der Waals surface area contributed by atoms with Crippen molar-refractivity contribution in [1.29, 1.82) is 0 Å².